The summed E-state index contributed by atoms with van der Waals surface area (Å²) in [5.41, 5.74) is 2.18. The SMILES string of the molecule is Cc1cc(F)c(Nc2c(-c3ccc(F)cc3Br)c(C)nn2C)c(F)c1. The molecule has 1 heterocycles. The fourth-order valence-corrected chi connectivity index (χ4v) is 3.30. The van der Waals surface area contributed by atoms with Gasteiger partial charge in [0.1, 0.15) is 29.0 Å². The topological polar surface area (TPSA) is 29.9 Å². The predicted molar refractivity (Wildman–Crippen MR) is 95.4 cm³/mol. The van der Waals surface area contributed by atoms with Gasteiger partial charge in [-0.1, -0.05) is 22.0 Å². The van der Waals surface area contributed by atoms with Gasteiger partial charge in [-0.05, 0) is 43.7 Å². The molecule has 0 aliphatic rings. The number of hydrogen-bond donors (Lipinski definition) is 1. The number of rotatable bonds is 3. The zero-order valence-corrected chi connectivity index (χ0v) is 15.4. The average molecular weight is 410 g/mol. The first-order chi connectivity index (χ1) is 11.8. The zero-order chi connectivity index (χ0) is 18.3. The molecule has 0 radical (unpaired) electrons. The van der Waals surface area contributed by atoms with Crippen LogP contribution < -0.4 is 5.32 Å². The van der Waals surface area contributed by atoms with E-state index in [-0.39, 0.29) is 11.5 Å². The van der Waals surface area contributed by atoms with Crippen LogP contribution in [0.25, 0.3) is 11.1 Å². The molecule has 0 unspecified atom stereocenters. The number of nitrogens with one attached hydrogen (secondary N) is 1. The highest BCUT2D eigenvalue weighted by molar-refractivity contribution is 9.10. The van der Waals surface area contributed by atoms with Crippen LogP contribution in [0.5, 0.6) is 0 Å². The molecule has 0 saturated heterocycles. The van der Waals surface area contributed by atoms with E-state index in [1.165, 1.54) is 28.9 Å². The first-order valence-electron chi connectivity index (χ1n) is 7.49. The molecule has 1 N–H and O–H groups in total. The van der Waals surface area contributed by atoms with E-state index in [0.717, 1.165) is 0 Å². The normalized spacial score (nSPS) is 11.0. The van der Waals surface area contributed by atoms with Gasteiger partial charge in [0.15, 0.2) is 0 Å². The number of benzene rings is 2. The molecule has 0 atom stereocenters. The van der Waals surface area contributed by atoms with Gasteiger partial charge in [0, 0.05) is 22.6 Å². The van der Waals surface area contributed by atoms with E-state index in [2.05, 4.69) is 26.3 Å². The summed E-state index contributed by atoms with van der Waals surface area (Å²) in [7, 11) is 1.67. The molecule has 0 aliphatic carbocycles. The van der Waals surface area contributed by atoms with E-state index >= 15 is 0 Å². The highest BCUT2D eigenvalue weighted by Gasteiger charge is 2.20. The Hall–Kier alpha value is -2.28. The molecule has 0 saturated carbocycles. The molecule has 3 rings (SSSR count). The molecule has 0 amide bonds. The second-order valence-corrected chi connectivity index (χ2v) is 6.64. The van der Waals surface area contributed by atoms with Gasteiger partial charge in [0.05, 0.1) is 5.69 Å². The van der Waals surface area contributed by atoms with Crippen LogP contribution in [-0.2, 0) is 7.05 Å². The molecule has 130 valence electrons. The third-order valence-electron chi connectivity index (χ3n) is 3.85. The van der Waals surface area contributed by atoms with Gasteiger partial charge in [-0.2, -0.15) is 5.10 Å². The van der Waals surface area contributed by atoms with E-state index in [9.17, 15) is 13.2 Å². The van der Waals surface area contributed by atoms with Gasteiger partial charge in [-0.15, -0.1) is 0 Å². The van der Waals surface area contributed by atoms with E-state index in [1.54, 1.807) is 27.0 Å². The van der Waals surface area contributed by atoms with Gasteiger partial charge in [0.25, 0.3) is 0 Å². The molecule has 0 fully saturated rings. The maximum atomic E-state index is 14.2. The van der Waals surface area contributed by atoms with Crippen molar-refractivity contribution < 1.29 is 13.2 Å². The van der Waals surface area contributed by atoms with Crippen LogP contribution in [0.1, 0.15) is 11.3 Å². The second-order valence-electron chi connectivity index (χ2n) is 5.79. The summed E-state index contributed by atoms with van der Waals surface area (Å²) in [5, 5.41) is 7.12. The summed E-state index contributed by atoms with van der Waals surface area (Å²) in [5.74, 6) is -1.37. The van der Waals surface area contributed by atoms with Gasteiger partial charge in [-0.3, -0.25) is 4.68 Å². The first-order valence-corrected chi connectivity index (χ1v) is 8.29. The molecule has 1 aromatic heterocycles. The predicted octanol–water partition coefficient (Wildman–Crippen LogP) is 5.63. The Bertz CT molecular complexity index is 943. The number of halogens is 4. The number of aromatic nitrogens is 2. The summed E-state index contributed by atoms with van der Waals surface area (Å²) in [6, 6.07) is 6.75. The van der Waals surface area contributed by atoms with E-state index in [1.807, 2.05) is 0 Å². The minimum absolute atomic E-state index is 0.256. The van der Waals surface area contributed by atoms with Crippen molar-refractivity contribution in [3.05, 3.63) is 63.5 Å². The summed E-state index contributed by atoms with van der Waals surface area (Å²) in [4.78, 5) is 0. The van der Waals surface area contributed by atoms with Crippen LogP contribution in [0.2, 0.25) is 0 Å². The minimum atomic E-state index is -0.694. The van der Waals surface area contributed by atoms with Crippen LogP contribution in [0.4, 0.5) is 24.7 Å². The molecule has 0 aliphatic heterocycles. The lowest BCUT2D eigenvalue weighted by Gasteiger charge is -2.13. The molecule has 25 heavy (non-hydrogen) atoms. The molecular weight excluding hydrogens is 395 g/mol. The maximum Gasteiger partial charge on any atom is 0.149 e. The highest BCUT2D eigenvalue weighted by atomic mass is 79.9. The lowest BCUT2D eigenvalue weighted by atomic mass is 10.1. The molecule has 3 nitrogen and oxygen atoms in total. The first kappa shape index (κ1) is 17.5. The number of nitrogens with zero attached hydrogens (tertiary/aromatic N) is 2. The standard InChI is InChI=1S/C18H15BrF3N3/c1-9-6-14(21)17(15(22)7-9)23-18-16(10(2)24-25(18)3)12-5-4-11(20)8-13(12)19/h4-8,23H,1-3H3. The Kier molecular flexibility index (Phi) is 4.60. The number of aryl methyl sites for hydroxylation is 3. The Morgan fingerprint density at radius 3 is 2.28 bits per heavy atom. The van der Waals surface area contributed by atoms with Crippen LogP contribution >= 0.6 is 15.9 Å². The quantitative estimate of drug-likeness (QED) is 0.607. The van der Waals surface area contributed by atoms with Gasteiger partial charge in [-0.25, -0.2) is 13.2 Å². The summed E-state index contributed by atoms with van der Waals surface area (Å²) in [6.07, 6.45) is 0. The van der Waals surface area contributed by atoms with Crippen LogP contribution in [0, 0.1) is 31.3 Å². The lowest BCUT2D eigenvalue weighted by Crippen LogP contribution is -2.04. The Labute approximate surface area is 151 Å². The van der Waals surface area contributed by atoms with Crippen molar-refractivity contribution in [2.24, 2.45) is 7.05 Å². The van der Waals surface area contributed by atoms with Crippen LogP contribution in [-0.4, -0.2) is 9.78 Å². The average Bonchev–Trinajstić information content (AvgIpc) is 2.77. The van der Waals surface area contributed by atoms with Gasteiger partial charge < -0.3 is 5.32 Å². The van der Waals surface area contributed by atoms with Crippen molar-refractivity contribution in [3.63, 3.8) is 0 Å². The molecular formula is C18H15BrF3N3. The third-order valence-corrected chi connectivity index (χ3v) is 4.51. The molecule has 2 aromatic carbocycles. The van der Waals surface area contributed by atoms with Crippen molar-refractivity contribution >= 4 is 27.4 Å². The van der Waals surface area contributed by atoms with Crippen molar-refractivity contribution in [2.45, 2.75) is 13.8 Å². The molecule has 0 spiro atoms. The largest absolute Gasteiger partial charge is 0.335 e. The number of hydrogen-bond acceptors (Lipinski definition) is 2. The van der Waals surface area contributed by atoms with Crippen LogP contribution in [0.3, 0.4) is 0 Å². The Morgan fingerprint density at radius 1 is 1.04 bits per heavy atom. The highest BCUT2D eigenvalue weighted by Crippen LogP contribution is 2.38. The summed E-state index contributed by atoms with van der Waals surface area (Å²) < 4.78 is 43.8. The zero-order valence-electron chi connectivity index (χ0n) is 13.8. The van der Waals surface area contributed by atoms with Crippen LogP contribution in [0.15, 0.2) is 34.8 Å². The van der Waals surface area contributed by atoms with E-state index in [4.69, 9.17) is 0 Å². The Balaban J connectivity index is 2.16. The lowest BCUT2D eigenvalue weighted by molar-refractivity contribution is 0.588. The van der Waals surface area contributed by atoms with E-state index in [0.29, 0.717) is 32.7 Å². The fourth-order valence-electron chi connectivity index (χ4n) is 2.75. The van der Waals surface area contributed by atoms with Crippen molar-refractivity contribution in [1.82, 2.24) is 9.78 Å². The minimum Gasteiger partial charge on any atom is -0.335 e. The Morgan fingerprint density at radius 2 is 1.68 bits per heavy atom. The molecule has 3 aromatic rings. The third kappa shape index (κ3) is 3.28. The van der Waals surface area contributed by atoms with Crippen molar-refractivity contribution in [3.8, 4) is 11.1 Å². The molecule has 0 bridgehead atoms. The second kappa shape index (κ2) is 6.55. The smallest absolute Gasteiger partial charge is 0.149 e. The molecule has 7 heteroatoms. The van der Waals surface area contributed by atoms with Gasteiger partial charge >= 0.3 is 0 Å². The van der Waals surface area contributed by atoms with Gasteiger partial charge in [0.2, 0.25) is 0 Å². The summed E-state index contributed by atoms with van der Waals surface area (Å²) in [6.45, 7) is 3.39. The fraction of sp³-hybridized carbons (Fsp3) is 0.167. The van der Waals surface area contributed by atoms with Crippen molar-refractivity contribution in [2.75, 3.05) is 5.32 Å². The maximum absolute atomic E-state index is 14.2. The number of anilines is 2. The monoisotopic (exact) mass is 409 g/mol. The summed E-state index contributed by atoms with van der Waals surface area (Å²) >= 11 is 3.33. The van der Waals surface area contributed by atoms with Crippen molar-refractivity contribution in [1.29, 1.82) is 0 Å². The van der Waals surface area contributed by atoms with E-state index < -0.39 is 11.6 Å².